The standard InChI is InChI=1S/C34H53N8O11S.CH3.Ga/c1-6-35-28(44)17-37-33(51)26(12-13-29(45)46)39-27(43)14-15-36-34(54)38-24-10-8-23(9-11-24)16-25(18-41(4)19-30(47)48)42(5)21-32(50)53-22-52-31(49)20-40(3)7-2;;/h8-11,22,25-26H,6-7,12-21H2,1-5H3,(H,35,44)(H,37,51)(H,39,43)(H,45,46)(H,47,48)(H2,36,38,54);1H3;/q;;+1/p-1. The minimum atomic E-state index is -3.18. The average molecular weight is 866 g/mol. The number of hydrogen-bond acceptors (Lipinski definition) is 14. The summed E-state index contributed by atoms with van der Waals surface area (Å²) in [5.74, 6) is -4.40. The Morgan fingerprint density at radius 3 is 2.36 bits per heavy atom. The molecule has 1 heterocycles. The first-order valence-electron chi connectivity index (χ1n) is 18.3. The number of carbonyl (C=O) groups excluding carboxylic acids is 6. The number of likely N-dealkylation sites (N-methyl/N-ethyl adjacent to an activating group) is 4. The van der Waals surface area contributed by atoms with Crippen LogP contribution >= 0.6 is 12.2 Å². The Bertz CT molecular complexity index is 1520. The number of nitrogens with zero attached hydrogens (tertiary/aromatic N) is 3. The first kappa shape index (κ1) is 47.9. The fourth-order valence-corrected chi connectivity index (χ4v) is 8.25. The quantitative estimate of drug-likeness (QED) is 0.0579. The monoisotopic (exact) mass is 864 g/mol. The summed E-state index contributed by atoms with van der Waals surface area (Å²) in [7, 11) is 5.33. The van der Waals surface area contributed by atoms with Crippen molar-refractivity contribution in [2.24, 2.45) is 0 Å². The molecule has 1 aliphatic rings. The van der Waals surface area contributed by atoms with E-state index in [0.717, 1.165) is 5.56 Å². The summed E-state index contributed by atoms with van der Waals surface area (Å²) in [6, 6.07) is 6.05. The van der Waals surface area contributed by atoms with Gasteiger partial charge in [-0.05, 0) is 25.6 Å². The minimum absolute atomic E-state index is 0.000851. The number of benzene rings is 1. The van der Waals surface area contributed by atoms with Gasteiger partial charge >= 0.3 is 207 Å². The number of nitrogens with one attached hydrogen (secondary N) is 5. The summed E-state index contributed by atoms with van der Waals surface area (Å²) in [5.41, 5.74) is 3.28. The molecule has 3 atom stereocenters. The Morgan fingerprint density at radius 1 is 1.02 bits per heavy atom. The normalized spacial score (nSPS) is 17.6. The van der Waals surface area contributed by atoms with E-state index in [-0.39, 0.29) is 63.1 Å². The number of thiocarbonyl (C=S) groups is 1. The van der Waals surface area contributed by atoms with Crippen LogP contribution in [0.25, 0.3) is 0 Å². The van der Waals surface area contributed by atoms with Crippen molar-refractivity contribution in [3.05, 3.63) is 29.8 Å². The molecule has 1 aliphatic heterocycles. The van der Waals surface area contributed by atoms with Crippen LogP contribution in [0.2, 0.25) is 5.48 Å². The molecule has 1 aromatic rings. The number of carboxylic acid groups (broad SMARTS) is 1. The second kappa shape index (κ2) is 25.1. The summed E-state index contributed by atoms with van der Waals surface area (Å²) in [6.07, 6.45) is -0.0809. The molecule has 19 nitrogen and oxygen atoms in total. The summed E-state index contributed by atoms with van der Waals surface area (Å²) in [5, 5.41) is 22.7. The third-order valence-corrected chi connectivity index (χ3v) is 12.2. The molecule has 1 fully saturated rings. The third kappa shape index (κ3) is 19.0. The zero-order valence-electron chi connectivity index (χ0n) is 32.9. The van der Waals surface area contributed by atoms with Crippen LogP contribution in [0.4, 0.5) is 5.69 Å². The number of carboxylic acids is 1. The number of cyclic esters (lactones) is 1. The number of esters is 2. The number of anilines is 1. The number of amides is 3. The van der Waals surface area contributed by atoms with Gasteiger partial charge in [0.1, 0.15) is 6.04 Å². The third-order valence-electron chi connectivity index (χ3n) is 8.47. The van der Waals surface area contributed by atoms with Crippen LogP contribution in [-0.2, 0) is 53.0 Å². The summed E-state index contributed by atoms with van der Waals surface area (Å²) in [4.78, 5) is 90.4. The second-order valence-electron chi connectivity index (χ2n) is 13.4. The first-order chi connectivity index (χ1) is 26.5. The van der Waals surface area contributed by atoms with Crippen molar-refractivity contribution in [2.75, 3.05) is 78.8 Å². The average Bonchev–Trinajstić information content (AvgIpc) is 3.11. The fraction of sp³-hybridized carbons (Fsp3) is 0.600. The maximum absolute atomic E-state index is 13.0. The van der Waals surface area contributed by atoms with E-state index in [1.165, 1.54) is 0 Å². The van der Waals surface area contributed by atoms with Gasteiger partial charge in [0.05, 0.1) is 6.54 Å². The van der Waals surface area contributed by atoms with Gasteiger partial charge in [-0.3, -0.25) is 19.2 Å². The summed E-state index contributed by atoms with van der Waals surface area (Å²) < 4.78 is 16.7. The van der Waals surface area contributed by atoms with Crippen molar-refractivity contribution in [2.45, 2.75) is 61.9 Å². The topological polar surface area (TPSA) is 237 Å². The Morgan fingerprint density at radius 2 is 1.71 bits per heavy atom. The summed E-state index contributed by atoms with van der Waals surface area (Å²) in [6.45, 7) is 4.76. The van der Waals surface area contributed by atoms with E-state index in [0.29, 0.717) is 31.7 Å². The van der Waals surface area contributed by atoms with Crippen LogP contribution in [0.3, 0.4) is 0 Å². The molecule has 0 aliphatic carbocycles. The van der Waals surface area contributed by atoms with Gasteiger partial charge < -0.3 is 26.4 Å². The Kier molecular flexibility index (Phi) is 21.4. The van der Waals surface area contributed by atoms with Crippen LogP contribution < -0.4 is 26.6 Å². The molecule has 310 valence electrons. The van der Waals surface area contributed by atoms with Gasteiger partial charge in [-0.2, -0.15) is 0 Å². The van der Waals surface area contributed by atoms with Crippen molar-refractivity contribution >= 4 is 81.2 Å². The van der Waals surface area contributed by atoms with Gasteiger partial charge in [-0.25, -0.2) is 0 Å². The summed E-state index contributed by atoms with van der Waals surface area (Å²) >= 11 is 2.20. The number of aliphatic carboxylic acids is 1. The van der Waals surface area contributed by atoms with Crippen LogP contribution in [0, 0.1) is 0 Å². The van der Waals surface area contributed by atoms with E-state index < -0.39 is 69.1 Å². The Balaban J connectivity index is 1.95. The van der Waals surface area contributed by atoms with Gasteiger partial charge in [0.15, 0.2) is 5.11 Å². The Hall–Kier alpha value is -4.28. The van der Waals surface area contributed by atoms with E-state index in [1.807, 2.05) is 41.0 Å². The van der Waals surface area contributed by atoms with Crippen molar-refractivity contribution < 1.29 is 51.7 Å². The van der Waals surface area contributed by atoms with Gasteiger partial charge in [-0.1, -0.05) is 0 Å². The zero-order valence-corrected chi connectivity index (χ0v) is 36.1. The van der Waals surface area contributed by atoms with E-state index in [2.05, 4.69) is 26.6 Å². The predicted molar refractivity (Wildman–Crippen MR) is 210 cm³/mol. The number of hydrogen-bond donors (Lipinski definition) is 6. The molecule has 0 aromatic heterocycles. The molecule has 21 heteroatoms. The molecule has 3 amide bonds. The van der Waals surface area contributed by atoms with Crippen LogP contribution in [0.5, 0.6) is 0 Å². The molecule has 0 spiro atoms. The van der Waals surface area contributed by atoms with E-state index in [4.69, 9.17) is 30.3 Å². The zero-order chi connectivity index (χ0) is 41.8. The van der Waals surface area contributed by atoms with Crippen LogP contribution in [-0.4, -0.2) is 174 Å². The first-order valence-corrected chi connectivity index (χ1v) is 23.6. The molecular weight excluding hydrogens is 810 g/mol. The molecule has 2 rings (SSSR count). The van der Waals surface area contributed by atoms with Gasteiger partial charge in [0.2, 0.25) is 17.7 Å². The predicted octanol–water partition coefficient (Wildman–Crippen LogP) is -1.18. The number of rotatable bonds is 18. The van der Waals surface area contributed by atoms with Crippen LogP contribution in [0.1, 0.15) is 38.7 Å². The maximum atomic E-state index is 13.0. The molecular formula is C35H55GaN8O11S. The SMILES string of the molecule is CCNC(=O)CNC(=O)C(CCC(=O)O)NC(=O)CCNC(=S)Nc1ccc(CC2CN(C)CC(=O)[O][Ga]([CH3])[CH](OC(=O)CN(C)CC)OC(=O)CN2C)cc1. The van der Waals surface area contributed by atoms with E-state index in [1.54, 1.807) is 38.4 Å². The molecule has 6 N–H and O–H groups in total. The molecule has 3 unspecified atom stereocenters. The molecule has 0 saturated carbocycles. The van der Waals surface area contributed by atoms with Gasteiger partial charge in [0.25, 0.3) is 0 Å². The van der Waals surface area contributed by atoms with Crippen molar-refractivity contribution in [3.8, 4) is 0 Å². The van der Waals surface area contributed by atoms with Crippen molar-refractivity contribution in [3.63, 3.8) is 0 Å². The van der Waals surface area contributed by atoms with Gasteiger partial charge in [-0.15, -0.1) is 0 Å². The number of ether oxygens (including phenoxy) is 2. The van der Waals surface area contributed by atoms with E-state index in [9.17, 15) is 33.6 Å². The molecule has 56 heavy (non-hydrogen) atoms. The molecule has 0 bridgehead atoms. The number of carbonyl (C=O) groups is 7. The van der Waals surface area contributed by atoms with Crippen molar-refractivity contribution in [1.82, 2.24) is 36.0 Å². The Labute approximate surface area is 338 Å². The molecule has 1 saturated heterocycles. The van der Waals surface area contributed by atoms with Crippen LogP contribution in [0.15, 0.2) is 24.3 Å². The van der Waals surface area contributed by atoms with Gasteiger partial charge in [0, 0.05) is 25.9 Å². The van der Waals surface area contributed by atoms with E-state index >= 15 is 0 Å². The van der Waals surface area contributed by atoms with Crippen molar-refractivity contribution in [1.29, 1.82) is 0 Å². The second-order valence-corrected chi connectivity index (χ2v) is 18.4. The fourth-order valence-electron chi connectivity index (χ4n) is 5.33. The molecule has 1 aromatic carbocycles. The molecule has 0 radical (unpaired) electrons.